The number of aryl methyl sites for hydroxylation is 1. The molecule has 4 nitrogen and oxygen atoms in total. The average molecular weight is 474 g/mol. The van der Waals surface area contributed by atoms with Gasteiger partial charge in [-0.3, -0.25) is 9.69 Å². The summed E-state index contributed by atoms with van der Waals surface area (Å²) in [5, 5.41) is 1.18. The fourth-order valence-electron chi connectivity index (χ4n) is 4.89. The van der Waals surface area contributed by atoms with Gasteiger partial charge in [0.1, 0.15) is 0 Å². The third-order valence-corrected chi connectivity index (χ3v) is 6.98. The second-order valence-electron chi connectivity index (χ2n) is 9.07. The predicted octanol–water partition coefficient (Wildman–Crippen LogP) is 5.69. The Balaban J connectivity index is 0.00000274. The molecule has 1 saturated heterocycles. The lowest BCUT2D eigenvalue weighted by Gasteiger charge is -2.34. The van der Waals surface area contributed by atoms with Gasteiger partial charge in [0.25, 0.3) is 5.91 Å². The Morgan fingerprint density at radius 3 is 1.97 bits per heavy atom. The third-order valence-electron chi connectivity index (χ3n) is 6.98. The summed E-state index contributed by atoms with van der Waals surface area (Å²) in [5.41, 5.74) is 7.10. The van der Waals surface area contributed by atoms with Gasteiger partial charge in [-0.25, -0.2) is 0 Å². The normalized spacial score (nSPS) is 14.2. The van der Waals surface area contributed by atoms with Gasteiger partial charge in [0.05, 0.1) is 0 Å². The van der Waals surface area contributed by atoms with Crippen molar-refractivity contribution in [1.29, 1.82) is 0 Å². The zero-order valence-electron chi connectivity index (χ0n) is 19.9. The number of halogens is 1. The van der Waals surface area contributed by atoms with Crippen molar-refractivity contribution >= 4 is 29.2 Å². The summed E-state index contributed by atoms with van der Waals surface area (Å²) < 4.78 is 2.36. The van der Waals surface area contributed by atoms with Crippen molar-refractivity contribution in [3.63, 3.8) is 0 Å². The van der Waals surface area contributed by atoms with Gasteiger partial charge in [-0.2, -0.15) is 0 Å². The van der Waals surface area contributed by atoms with Crippen molar-refractivity contribution in [2.75, 3.05) is 26.2 Å². The number of hydrogen-bond donors (Lipinski definition) is 0. The van der Waals surface area contributed by atoms with E-state index in [1.54, 1.807) is 0 Å². The molecule has 0 saturated carbocycles. The first-order valence-electron chi connectivity index (χ1n) is 11.8. The highest BCUT2D eigenvalue weighted by molar-refractivity contribution is 5.99. The highest BCUT2D eigenvalue weighted by atomic mass is 35.5. The lowest BCUT2D eigenvalue weighted by molar-refractivity contribution is 0.0628. The van der Waals surface area contributed by atoms with Crippen LogP contribution in [0.5, 0.6) is 0 Å². The summed E-state index contributed by atoms with van der Waals surface area (Å²) in [6, 6.07) is 27.3. The molecule has 2 heterocycles. The molecule has 0 spiro atoms. The van der Waals surface area contributed by atoms with Gasteiger partial charge in [0, 0.05) is 61.4 Å². The van der Waals surface area contributed by atoms with Crippen molar-refractivity contribution in [1.82, 2.24) is 14.4 Å². The van der Waals surface area contributed by atoms with Crippen LogP contribution in [0.15, 0.2) is 78.9 Å². The number of aromatic nitrogens is 1. The van der Waals surface area contributed by atoms with Gasteiger partial charge in [0.2, 0.25) is 0 Å². The first-order chi connectivity index (χ1) is 16.1. The highest BCUT2D eigenvalue weighted by Gasteiger charge is 2.23. The number of carbonyl (C=O) groups excluding carboxylic acids is 1. The van der Waals surface area contributed by atoms with Crippen LogP contribution in [0.1, 0.15) is 32.7 Å². The van der Waals surface area contributed by atoms with Crippen molar-refractivity contribution in [2.24, 2.45) is 0 Å². The Hall–Kier alpha value is -3.08. The third kappa shape index (κ3) is 4.89. The number of piperazine rings is 1. The molecule has 0 bridgehead atoms. The first-order valence-corrected chi connectivity index (χ1v) is 11.8. The molecule has 0 N–H and O–H groups in total. The highest BCUT2D eigenvalue weighted by Crippen LogP contribution is 2.28. The smallest absolute Gasteiger partial charge is 0.253 e. The van der Waals surface area contributed by atoms with Crippen molar-refractivity contribution in [2.45, 2.75) is 26.9 Å². The molecular formula is C29H32ClN3O. The van der Waals surface area contributed by atoms with Gasteiger partial charge in [0.15, 0.2) is 0 Å². The molecule has 4 aromatic rings. The number of fused-ring (bicyclic) bond motifs is 1. The Kier molecular flexibility index (Phi) is 7.40. The van der Waals surface area contributed by atoms with Crippen LogP contribution in [0.3, 0.4) is 0 Å². The van der Waals surface area contributed by atoms with Gasteiger partial charge < -0.3 is 9.47 Å². The quantitative estimate of drug-likeness (QED) is 0.372. The summed E-state index contributed by atoms with van der Waals surface area (Å²) in [6.45, 7) is 9.49. The number of amides is 1. The Morgan fingerprint density at radius 1 is 0.765 bits per heavy atom. The van der Waals surface area contributed by atoms with E-state index in [9.17, 15) is 4.79 Å². The lowest BCUT2D eigenvalue weighted by atomic mass is 10.1. The van der Waals surface area contributed by atoms with E-state index in [4.69, 9.17) is 0 Å². The van der Waals surface area contributed by atoms with E-state index in [1.165, 1.54) is 33.3 Å². The van der Waals surface area contributed by atoms with Crippen LogP contribution in [0, 0.1) is 13.8 Å². The second-order valence-corrected chi connectivity index (χ2v) is 9.07. The second kappa shape index (κ2) is 10.5. The maximum Gasteiger partial charge on any atom is 0.253 e. The van der Waals surface area contributed by atoms with Crippen LogP contribution in [0.2, 0.25) is 0 Å². The van der Waals surface area contributed by atoms with Gasteiger partial charge in [-0.15, -0.1) is 12.4 Å². The summed E-state index contributed by atoms with van der Waals surface area (Å²) in [6.07, 6.45) is 0. The SMILES string of the molecule is Cc1c(C)n(Cc2ccccc2)c2ccc(C(=O)N3CCN(Cc4ccccc4)CC3)cc12.Cl. The number of rotatable bonds is 5. The monoisotopic (exact) mass is 473 g/mol. The zero-order valence-corrected chi connectivity index (χ0v) is 20.7. The molecule has 1 fully saturated rings. The zero-order chi connectivity index (χ0) is 22.8. The van der Waals surface area contributed by atoms with Crippen molar-refractivity contribution in [3.8, 4) is 0 Å². The molecule has 5 heteroatoms. The largest absolute Gasteiger partial charge is 0.340 e. The van der Waals surface area contributed by atoms with Crippen LogP contribution < -0.4 is 0 Å². The average Bonchev–Trinajstić information content (AvgIpc) is 3.09. The summed E-state index contributed by atoms with van der Waals surface area (Å²) >= 11 is 0. The van der Waals surface area contributed by atoms with Crippen LogP contribution in [0.4, 0.5) is 0 Å². The fourth-order valence-corrected chi connectivity index (χ4v) is 4.89. The van der Waals surface area contributed by atoms with E-state index in [0.29, 0.717) is 0 Å². The molecule has 1 amide bonds. The van der Waals surface area contributed by atoms with Gasteiger partial charge in [-0.1, -0.05) is 60.7 Å². The lowest BCUT2D eigenvalue weighted by Crippen LogP contribution is -2.48. The summed E-state index contributed by atoms with van der Waals surface area (Å²) in [7, 11) is 0. The summed E-state index contributed by atoms with van der Waals surface area (Å²) in [5.74, 6) is 0.143. The van der Waals surface area contributed by atoms with Crippen LogP contribution >= 0.6 is 12.4 Å². The van der Waals surface area contributed by atoms with Crippen LogP contribution in [0.25, 0.3) is 10.9 Å². The minimum Gasteiger partial charge on any atom is -0.340 e. The molecule has 176 valence electrons. The number of hydrogen-bond acceptors (Lipinski definition) is 2. The molecule has 1 aromatic heterocycles. The van der Waals surface area contributed by atoms with E-state index < -0.39 is 0 Å². The molecule has 34 heavy (non-hydrogen) atoms. The topological polar surface area (TPSA) is 28.5 Å². The van der Waals surface area contributed by atoms with Crippen molar-refractivity contribution < 1.29 is 4.79 Å². The molecule has 0 radical (unpaired) electrons. The summed E-state index contributed by atoms with van der Waals surface area (Å²) in [4.78, 5) is 17.7. The number of carbonyl (C=O) groups is 1. The Bertz CT molecular complexity index is 1260. The molecule has 1 aliphatic rings. The maximum absolute atomic E-state index is 13.3. The minimum atomic E-state index is 0. The van der Waals surface area contributed by atoms with Crippen LogP contribution in [-0.2, 0) is 13.1 Å². The van der Waals surface area contributed by atoms with Gasteiger partial charge >= 0.3 is 0 Å². The molecule has 1 aliphatic heterocycles. The molecule has 3 aromatic carbocycles. The van der Waals surface area contributed by atoms with Crippen molar-refractivity contribution in [3.05, 3.63) is 107 Å². The van der Waals surface area contributed by atoms with Gasteiger partial charge in [-0.05, 0) is 48.7 Å². The number of nitrogens with zero attached hydrogens (tertiary/aromatic N) is 3. The molecular weight excluding hydrogens is 442 g/mol. The molecule has 5 rings (SSSR count). The Morgan fingerprint density at radius 2 is 1.35 bits per heavy atom. The minimum absolute atomic E-state index is 0. The first kappa shape index (κ1) is 24.1. The molecule has 0 atom stereocenters. The van der Waals surface area contributed by atoms with E-state index in [-0.39, 0.29) is 18.3 Å². The van der Waals surface area contributed by atoms with E-state index in [2.05, 4.69) is 96.1 Å². The predicted molar refractivity (Wildman–Crippen MR) is 142 cm³/mol. The van der Waals surface area contributed by atoms with E-state index >= 15 is 0 Å². The van der Waals surface area contributed by atoms with Crippen LogP contribution in [-0.4, -0.2) is 46.5 Å². The Labute approximate surface area is 208 Å². The fraction of sp³-hybridized carbons (Fsp3) is 0.276. The molecule has 0 aliphatic carbocycles. The molecule has 0 unspecified atom stereocenters. The van der Waals surface area contributed by atoms with E-state index in [0.717, 1.165) is 44.8 Å². The van der Waals surface area contributed by atoms with E-state index in [1.807, 2.05) is 11.0 Å². The maximum atomic E-state index is 13.3. The number of benzene rings is 3. The standard InChI is InChI=1S/C29H31N3O.ClH/c1-22-23(2)32(21-25-11-7-4-8-12-25)28-14-13-26(19-27(22)28)29(33)31-17-15-30(16-18-31)20-24-9-5-3-6-10-24;/h3-14,19H,15-18,20-21H2,1-2H3;1H.